The third kappa shape index (κ3) is 2.76. The van der Waals surface area contributed by atoms with Crippen molar-refractivity contribution in [3.8, 4) is 0 Å². The summed E-state index contributed by atoms with van der Waals surface area (Å²) in [6, 6.07) is 6.99. The Kier molecular flexibility index (Phi) is 3.63. The van der Waals surface area contributed by atoms with Gasteiger partial charge in [0.05, 0.1) is 11.3 Å². The summed E-state index contributed by atoms with van der Waals surface area (Å²) in [5.74, 6) is 0.114. The molecule has 0 aliphatic carbocycles. The van der Waals surface area contributed by atoms with E-state index in [4.69, 9.17) is 5.73 Å². The number of non-ortho nitro benzene ring substituents is 1. The Morgan fingerprint density at radius 2 is 1.81 bits per heavy atom. The molecule has 6 heteroatoms. The summed E-state index contributed by atoms with van der Waals surface area (Å²) in [6.07, 6.45) is 4.18. The van der Waals surface area contributed by atoms with Crippen LogP contribution < -0.4 is 5.73 Å². The van der Waals surface area contributed by atoms with Crippen molar-refractivity contribution in [1.29, 1.82) is 0 Å². The first-order valence-electron chi connectivity index (χ1n) is 7.34. The molecule has 2 fully saturated rings. The van der Waals surface area contributed by atoms with Gasteiger partial charge in [-0.3, -0.25) is 14.9 Å². The van der Waals surface area contributed by atoms with E-state index < -0.39 is 4.92 Å². The minimum absolute atomic E-state index is 0.0511. The van der Waals surface area contributed by atoms with Crippen LogP contribution in [0.15, 0.2) is 24.3 Å². The highest BCUT2D eigenvalue weighted by molar-refractivity contribution is 5.80. The molecule has 2 unspecified atom stereocenters. The molecule has 2 atom stereocenters. The zero-order valence-electron chi connectivity index (χ0n) is 11.8. The first-order chi connectivity index (χ1) is 10.0. The first-order valence-corrected chi connectivity index (χ1v) is 7.34. The number of nitro benzene ring substituents is 1. The van der Waals surface area contributed by atoms with Gasteiger partial charge >= 0.3 is 0 Å². The Hall–Kier alpha value is -1.95. The van der Waals surface area contributed by atoms with E-state index in [0.717, 1.165) is 31.2 Å². The Labute approximate surface area is 123 Å². The van der Waals surface area contributed by atoms with Crippen molar-refractivity contribution >= 4 is 11.6 Å². The Morgan fingerprint density at radius 3 is 2.33 bits per heavy atom. The molecule has 0 saturated carbocycles. The Morgan fingerprint density at radius 1 is 1.24 bits per heavy atom. The van der Waals surface area contributed by atoms with Gasteiger partial charge in [-0.25, -0.2) is 0 Å². The lowest BCUT2D eigenvalue weighted by molar-refractivity contribution is -0.384. The maximum absolute atomic E-state index is 12.5. The number of benzene rings is 1. The van der Waals surface area contributed by atoms with E-state index in [2.05, 4.69) is 0 Å². The fraction of sp³-hybridized carbons (Fsp3) is 0.533. The predicted molar refractivity (Wildman–Crippen MR) is 77.7 cm³/mol. The van der Waals surface area contributed by atoms with Gasteiger partial charge in [0.25, 0.3) is 5.69 Å². The first kappa shape index (κ1) is 14.0. The summed E-state index contributed by atoms with van der Waals surface area (Å²) in [7, 11) is 0. The third-order valence-electron chi connectivity index (χ3n) is 4.56. The van der Waals surface area contributed by atoms with E-state index in [1.54, 1.807) is 12.1 Å². The monoisotopic (exact) mass is 289 g/mol. The standard InChI is InChI=1S/C15H19N3O3/c16-11-8-13-5-6-14(9-11)17(13)15(19)7-10-1-3-12(4-2-10)18(20)21/h1-4,11,13-14H,5-9,16H2. The number of hydrogen-bond donors (Lipinski definition) is 1. The van der Waals surface area contributed by atoms with Crippen molar-refractivity contribution in [2.75, 3.05) is 0 Å². The zero-order chi connectivity index (χ0) is 15.0. The van der Waals surface area contributed by atoms with Crippen LogP contribution in [0.1, 0.15) is 31.2 Å². The van der Waals surface area contributed by atoms with E-state index in [1.807, 2.05) is 4.90 Å². The van der Waals surface area contributed by atoms with Crippen LogP contribution in [0.25, 0.3) is 0 Å². The number of nitrogens with two attached hydrogens (primary N) is 1. The van der Waals surface area contributed by atoms with Gasteiger partial charge in [0, 0.05) is 30.3 Å². The molecule has 0 radical (unpaired) electrons. The highest BCUT2D eigenvalue weighted by Gasteiger charge is 2.41. The SMILES string of the molecule is NC1CC2CCC(C1)N2C(=O)Cc1ccc([N+](=O)[O-])cc1. The summed E-state index contributed by atoms with van der Waals surface area (Å²) < 4.78 is 0. The molecular weight excluding hydrogens is 270 g/mol. The third-order valence-corrected chi connectivity index (χ3v) is 4.56. The van der Waals surface area contributed by atoms with Crippen LogP contribution in [0, 0.1) is 10.1 Å². The molecule has 112 valence electrons. The number of fused-ring (bicyclic) bond motifs is 2. The maximum Gasteiger partial charge on any atom is 0.269 e. The molecule has 21 heavy (non-hydrogen) atoms. The number of carbonyl (C=O) groups is 1. The molecule has 2 saturated heterocycles. The van der Waals surface area contributed by atoms with Gasteiger partial charge in [-0.2, -0.15) is 0 Å². The molecule has 2 aliphatic rings. The quantitative estimate of drug-likeness (QED) is 0.676. The average molecular weight is 289 g/mol. The van der Waals surface area contributed by atoms with Crippen LogP contribution in [-0.2, 0) is 11.2 Å². The number of nitro groups is 1. The molecule has 0 aromatic heterocycles. The van der Waals surface area contributed by atoms with Gasteiger partial charge in [0.15, 0.2) is 0 Å². The van der Waals surface area contributed by atoms with Crippen LogP contribution >= 0.6 is 0 Å². The molecule has 2 heterocycles. The second-order valence-electron chi connectivity index (χ2n) is 6.02. The number of piperidine rings is 1. The molecule has 2 bridgehead atoms. The van der Waals surface area contributed by atoms with Gasteiger partial charge in [-0.05, 0) is 31.2 Å². The number of carbonyl (C=O) groups excluding carboxylic acids is 1. The van der Waals surface area contributed by atoms with Gasteiger partial charge in [-0.15, -0.1) is 0 Å². The summed E-state index contributed by atoms with van der Waals surface area (Å²) in [6.45, 7) is 0. The van der Waals surface area contributed by atoms with Crippen molar-refractivity contribution in [3.05, 3.63) is 39.9 Å². The summed E-state index contributed by atoms with van der Waals surface area (Å²) in [4.78, 5) is 24.7. The van der Waals surface area contributed by atoms with Crippen LogP contribution in [0.2, 0.25) is 0 Å². The maximum atomic E-state index is 12.5. The van der Waals surface area contributed by atoms with E-state index in [1.165, 1.54) is 12.1 Å². The summed E-state index contributed by atoms with van der Waals surface area (Å²) >= 11 is 0. The van der Waals surface area contributed by atoms with Gasteiger partial charge < -0.3 is 10.6 Å². The van der Waals surface area contributed by atoms with E-state index in [0.29, 0.717) is 6.42 Å². The highest BCUT2D eigenvalue weighted by Crippen LogP contribution is 2.35. The number of amides is 1. The minimum atomic E-state index is -0.433. The second kappa shape index (κ2) is 5.44. The van der Waals surface area contributed by atoms with Gasteiger partial charge in [0.2, 0.25) is 5.91 Å². The van der Waals surface area contributed by atoms with Crippen LogP contribution in [0.5, 0.6) is 0 Å². The number of hydrogen-bond acceptors (Lipinski definition) is 4. The average Bonchev–Trinajstić information content (AvgIpc) is 2.72. The molecular formula is C15H19N3O3. The molecule has 1 aromatic carbocycles. The lowest BCUT2D eigenvalue weighted by Gasteiger charge is -2.37. The summed E-state index contributed by atoms with van der Waals surface area (Å²) in [5, 5.41) is 10.6. The van der Waals surface area contributed by atoms with Crippen molar-refractivity contribution < 1.29 is 9.72 Å². The lowest BCUT2D eigenvalue weighted by atomic mass is 9.97. The smallest absolute Gasteiger partial charge is 0.269 e. The van der Waals surface area contributed by atoms with Crippen molar-refractivity contribution in [2.45, 2.75) is 50.2 Å². The second-order valence-corrected chi connectivity index (χ2v) is 6.02. The van der Waals surface area contributed by atoms with Crippen molar-refractivity contribution in [2.24, 2.45) is 5.73 Å². The molecule has 6 nitrogen and oxygen atoms in total. The van der Waals surface area contributed by atoms with Crippen LogP contribution in [-0.4, -0.2) is 33.9 Å². The fourth-order valence-corrected chi connectivity index (χ4v) is 3.63. The normalized spacial score (nSPS) is 27.7. The number of rotatable bonds is 3. The molecule has 3 rings (SSSR count). The van der Waals surface area contributed by atoms with E-state index >= 15 is 0 Å². The van der Waals surface area contributed by atoms with Gasteiger partial charge in [-0.1, -0.05) is 12.1 Å². The Balaban J connectivity index is 1.68. The Bertz CT molecular complexity index is 544. The molecule has 1 aromatic rings. The molecule has 2 N–H and O–H groups in total. The topological polar surface area (TPSA) is 89.5 Å². The van der Waals surface area contributed by atoms with E-state index in [9.17, 15) is 14.9 Å². The highest BCUT2D eigenvalue weighted by atomic mass is 16.6. The lowest BCUT2D eigenvalue weighted by Crippen LogP contribution is -2.50. The fourth-order valence-electron chi connectivity index (χ4n) is 3.63. The van der Waals surface area contributed by atoms with Crippen molar-refractivity contribution in [1.82, 2.24) is 4.90 Å². The molecule has 1 amide bonds. The number of nitrogens with zero attached hydrogens (tertiary/aromatic N) is 2. The van der Waals surface area contributed by atoms with Crippen LogP contribution in [0.3, 0.4) is 0 Å². The molecule has 2 aliphatic heterocycles. The van der Waals surface area contributed by atoms with Crippen molar-refractivity contribution in [3.63, 3.8) is 0 Å². The molecule has 0 spiro atoms. The largest absolute Gasteiger partial charge is 0.336 e. The van der Waals surface area contributed by atoms with E-state index in [-0.39, 0.29) is 29.7 Å². The van der Waals surface area contributed by atoms with Gasteiger partial charge in [0.1, 0.15) is 0 Å². The minimum Gasteiger partial charge on any atom is -0.336 e. The van der Waals surface area contributed by atoms with Crippen LogP contribution in [0.4, 0.5) is 5.69 Å². The zero-order valence-corrected chi connectivity index (χ0v) is 11.8. The predicted octanol–water partition coefficient (Wildman–Crippen LogP) is 1.62. The summed E-state index contributed by atoms with van der Waals surface area (Å²) in [5.41, 5.74) is 6.88.